The summed E-state index contributed by atoms with van der Waals surface area (Å²) >= 11 is 6.24. The molecule has 1 aliphatic rings. The van der Waals surface area contributed by atoms with Crippen molar-refractivity contribution in [2.24, 2.45) is 0 Å². The molecule has 2 aromatic heterocycles. The number of benzene rings is 2. The Bertz CT molecular complexity index is 1290. The van der Waals surface area contributed by atoms with E-state index in [9.17, 15) is 4.79 Å². The molecule has 1 N–H and O–H groups in total. The summed E-state index contributed by atoms with van der Waals surface area (Å²) in [5, 5.41) is 0.641. The van der Waals surface area contributed by atoms with Crippen LogP contribution in [0.2, 0.25) is 5.02 Å². The molecule has 8 heteroatoms. The van der Waals surface area contributed by atoms with Crippen LogP contribution in [0, 0.1) is 0 Å². The molecule has 0 spiro atoms. The maximum Gasteiger partial charge on any atom is 0.252 e. The number of anilines is 1. The first-order valence-corrected chi connectivity index (χ1v) is 11.1. The topological polar surface area (TPSA) is 76.0 Å². The van der Waals surface area contributed by atoms with Crippen LogP contribution in [0.1, 0.15) is 30.2 Å². The van der Waals surface area contributed by atoms with E-state index >= 15 is 0 Å². The lowest BCUT2D eigenvalue weighted by Gasteiger charge is -2.27. The summed E-state index contributed by atoms with van der Waals surface area (Å²) in [4.78, 5) is 27.0. The number of ether oxygens (including phenoxy) is 1. The van der Waals surface area contributed by atoms with Crippen LogP contribution in [-0.2, 0) is 11.2 Å². The summed E-state index contributed by atoms with van der Waals surface area (Å²) < 4.78 is 7.62. The number of rotatable bonds is 5. The zero-order valence-corrected chi connectivity index (χ0v) is 18.5. The Kier molecular flexibility index (Phi) is 5.68. The number of aromatic nitrogens is 4. The second-order valence-electron chi connectivity index (χ2n) is 7.94. The summed E-state index contributed by atoms with van der Waals surface area (Å²) in [6, 6.07) is 17.6. The molecule has 4 aromatic rings. The molecule has 0 saturated carbocycles. The van der Waals surface area contributed by atoms with Crippen LogP contribution in [0.3, 0.4) is 0 Å². The molecule has 1 saturated heterocycles. The van der Waals surface area contributed by atoms with Gasteiger partial charge in [0.1, 0.15) is 17.5 Å². The second kappa shape index (κ2) is 8.76. The van der Waals surface area contributed by atoms with Crippen LogP contribution in [0.25, 0.3) is 11.0 Å². The van der Waals surface area contributed by atoms with E-state index in [1.165, 1.54) is 5.56 Å². The third-order valence-corrected chi connectivity index (χ3v) is 6.07. The molecule has 164 valence electrons. The van der Waals surface area contributed by atoms with Gasteiger partial charge in [0.15, 0.2) is 0 Å². The van der Waals surface area contributed by atoms with E-state index in [4.69, 9.17) is 26.3 Å². The zero-order valence-electron chi connectivity index (χ0n) is 17.8. The van der Waals surface area contributed by atoms with Gasteiger partial charge in [-0.3, -0.25) is 4.79 Å². The van der Waals surface area contributed by atoms with Crippen molar-refractivity contribution in [2.45, 2.75) is 19.4 Å². The van der Waals surface area contributed by atoms with E-state index in [0.29, 0.717) is 36.3 Å². The minimum Gasteiger partial charge on any atom is -0.378 e. The lowest BCUT2D eigenvalue weighted by molar-refractivity contribution is 0.122. The lowest BCUT2D eigenvalue weighted by Crippen LogP contribution is -2.37. The van der Waals surface area contributed by atoms with Crippen molar-refractivity contribution in [3.05, 3.63) is 87.2 Å². The van der Waals surface area contributed by atoms with E-state index in [0.717, 1.165) is 29.9 Å². The number of H-pyrrole nitrogens is 1. The van der Waals surface area contributed by atoms with Crippen LogP contribution in [0.4, 0.5) is 5.82 Å². The molecule has 2 aromatic carbocycles. The predicted molar refractivity (Wildman–Crippen MR) is 126 cm³/mol. The molecule has 1 aliphatic heterocycles. The van der Waals surface area contributed by atoms with Gasteiger partial charge >= 0.3 is 0 Å². The summed E-state index contributed by atoms with van der Waals surface area (Å²) in [7, 11) is 0. The van der Waals surface area contributed by atoms with E-state index in [1.54, 1.807) is 6.07 Å². The van der Waals surface area contributed by atoms with E-state index in [1.807, 2.05) is 36.4 Å². The standard InChI is InChI=1S/C24H24ClN5O2/c1-16(17-5-3-2-4-6-17)30-20-8-7-18(25)13-19(20)26-23(30)14-21-27-22(15-24(31)28-21)29-9-11-32-12-10-29/h2-8,13,15-16H,9-12,14H2,1H3,(H,27,28,31). The van der Waals surface area contributed by atoms with Gasteiger partial charge < -0.3 is 19.2 Å². The van der Waals surface area contributed by atoms with Gasteiger partial charge in [0.05, 0.1) is 36.7 Å². The van der Waals surface area contributed by atoms with Crippen molar-refractivity contribution in [1.82, 2.24) is 19.5 Å². The highest BCUT2D eigenvalue weighted by Crippen LogP contribution is 2.28. The number of hydrogen-bond acceptors (Lipinski definition) is 5. The van der Waals surface area contributed by atoms with Crippen molar-refractivity contribution in [3.63, 3.8) is 0 Å². The third kappa shape index (κ3) is 4.13. The summed E-state index contributed by atoms with van der Waals surface area (Å²) in [5.41, 5.74) is 2.82. The molecular formula is C24H24ClN5O2. The second-order valence-corrected chi connectivity index (χ2v) is 8.38. The van der Waals surface area contributed by atoms with Crippen LogP contribution in [0.5, 0.6) is 0 Å². The molecular weight excluding hydrogens is 426 g/mol. The first kappa shape index (κ1) is 20.7. The van der Waals surface area contributed by atoms with Gasteiger partial charge in [0.2, 0.25) is 0 Å². The zero-order chi connectivity index (χ0) is 22.1. The Hall–Kier alpha value is -3.16. The van der Waals surface area contributed by atoms with Gasteiger partial charge in [0, 0.05) is 24.2 Å². The van der Waals surface area contributed by atoms with Gasteiger partial charge in [-0.15, -0.1) is 0 Å². The van der Waals surface area contributed by atoms with Gasteiger partial charge in [-0.05, 0) is 30.7 Å². The smallest absolute Gasteiger partial charge is 0.252 e. The van der Waals surface area contributed by atoms with Crippen molar-refractivity contribution >= 4 is 28.5 Å². The number of imidazole rings is 1. The number of morpholine rings is 1. The monoisotopic (exact) mass is 449 g/mol. The number of hydrogen-bond donors (Lipinski definition) is 1. The number of nitrogens with one attached hydrogen (secondary N) is 1. The Morgan fingerprint density at radius 2 is 1.88 bits per heavy atom. The molecule has 7 nitrogen and oxygen atoms in total. The fourth-order valence-electron chi connectivity index (χ4n) is 4.24. The highest BCUT2D eigenvalue weighted by atomic mass is 35.5. The summed E-state index contributed by atoms with van der Waals surface area (Å²) in [6.45, 7) is 4.86. The van der Waals surface area contributed by atoms with Crippen LogP contribution in [-0.4, -0.2) is 45.8 Å². The Balaban J connectivity index is 1.57. The molecule has 0 amide bonds. The largest absolute Gasteiger partial charge is 0.378 e. The fourth-order valence-corrected chi connectivity index (χ4v) is 4.41. The minimum absolute atomic E-state index is 0.0477. The highest BCUT2D eigenvalue weighted by Gasteiger charge is 2.20. The molecule has 0 aliphatic carbocycles. The average molecular weight is 450 g/mol. The fraction of sp³-hybridized carbons (Fsp3) is 0.292. The third-order valence-electron chi connectivity index (χ3n) is 5.83. The number of aromatic amines is 1. The molecule has 32 heavy (non-hydrogen) atoms. The highest BCUT2D eigenvalue weighted by molar-refractivity contribution is 6.31. The molecule has 1 fully saturated rings. The average Bonchev–Trinajstić information content (AvgIpc) is 3.16. The number of fused-ring (bicyclic) bond motifs is 1. The van der Waals surface area contributed by atoms with Crippen LogP contribution < -0.4 is 10.5 Å². The van der Waals surface area contributed by atoms with Crippen LogP contribution >= 0.6 is 11.6 Å². The SMILES string of the molecule is CC(c1ccccc1)n1c(Cc2nc(N3CCOCC3)cc(=O)[nH]2)nc2cc(Cl)ccc21. The van der Waals surface area contributed by atoms with Crippen molar-refractivity contribution < 1.29 is 4.74 Å². The first-order valence-electron chi connectivity index (χ1n) is 10.7. The normalized spacial score (nSPS) is 15.2. The Morgan fingerprint density at radius 1 is 1.09 bits per heavy atom. The van der Waals surface area contributed by atoms with E-state index in [2.05, 4.69) is 33.5 Å². The van der Waals surface area contributed by atoms with Gasteiger partial charge in [-0.2, -0.15) is 0 Å². The van der Waals surface area contributed by atoms with Crippen molar-refractivity contribution in [1.29, 1.82) is 0 Å². The Morgan fingerprint density at radius 3 is 2.66 bits per heavy atom. The minimum atomic E-state index is -0.168. The number of halogens is 1. The molecule has 1 unspecified atom stereocenters. The predicted octanol–water partition coefficient (Wildman–Crippen LogP) is 3.81. The summed E-state index contributed by atoms with van der Waals surface area (Å²) in [5.74, 6) is 2.08. The lowest BCUT2D eigenvalue weighted by atomic mass is 10.1. The van der Waals surface area contributed by atoms with Gasteiger partial charge in [-0.1, -0.05) is 41.9 Å². The first-order chi connectivity index (χ1) is 15.6. The molecule has 5 rings (SSSR count). The summed E-state index contributed by atoms with van der Waals surface area (Å²) in [6.07, 6.45) is 0.400. The van der Waals surface area contributed by atoms with Crippen LogP contribution in [0.15, 0.2) is 59.4 Å². The van der Waals surface area contributed by atoms with Crippen molar-refractivity contribution in [3.8, 4) is 0 Å². The molecule has 0 bridgehead atoms. The van der Waals surface area contributed by atoms with E-state index < -0.39 is 0 Å². The number of nitrogens with zero attached hydrogens (tertiary/aromatic N) is 4. The van der Waals surface area contributed by atoms with Gasteiger partial charge in [-0.25, -0.2) is 9.97 Å². The Labute approximate surface area is 190 Å². The molecule has 0 radical (unpaired) electrons. The van der Waals surface area contributed by atoms with E-state index in [-0.39, 0.29) is 11.6 Å². The quantitative estimate of drug-likeness (QED) is 0.501. The maximum atomic E-state index is 12.4. The maximum absolute atomic E-state index is 12.4. The van der Waals surface area contributed by atoms with Gasteiger partial charge in [0.25, 0.3) is 5.56 Å². The molecule has 3 heterocycles. The van der Waals surface area contributed by atoms with Crippen molar-refractivity contribution in [2.75, 3.05) is 31.2 Å². The molecule has 1 atom stereocenters.